The smallest absolute Gasteiger partial charge is 0.261 e. The summed E-state index contributed by atoms with van der Waals surface area (Å²) in [4.78, 5) is 12.9. The van der Waals surface area contributed by atoms with E-state index in [0.717, 1.165) is 5.56 Å². The molecule has 6 heteroatoms. The van der Waals surface area contributed by atoms with E-state index >= 15 is 0 Å². The molecule has 0 bridgehead atoms. The highest BCUT2D eigenvalue weighted by Crippen LogP contribution is 2.22. The number of anilines is 1. The summed E-state index contributed by atoms with van der Waals surface area (Å²) in [5.41, 5.74) is 5.01. The van der Waals surface area contributed by atoms with Gasteiger partial charge in [0.1, 0.15) is 0 Å². The summed E-state index contributed by atoms with van der Waals surface area (Å²) in [5.74, 6) is -0.207. The quantitative estimate of drug-likeness (QED) is 0.593. The minimum absolute atomic E-state index is 0.145. The standard InChI is InChI=1S/C24H26N2O3S/c1-16-10-11-20(14-17(16)2)19(4)25-24(27)21-12-13-23(18(3)15-21)26-30(28,29)22-8-6-5-7-9-22/h5-15,19,26H,1-4H3,(H,25,27)/t19-/m1/s1. The Bertz CT molecular complexity index is 1170. The number of hydrogen-bond acceptors (Lipinski definition) is 3. The summed E-state index contributed by atoms with van der Waals surface area (Å²) in [6.45, 7) is 7.81. The highest BCUT2D eigenvalue weighted by Gasteiger charge is 2.17. The van der Waals surface area contributed by atoms with Crippen LogP contribution in [-0.2, 0) is 10.0 Å². The molecule has 0 aliphatic heterocycles. The number of sulfonamides is 1. The van der Waals surface area contributed by atoms with Crippen molar-refractivity contribution in [2.24, 2.45) is 0 Å². The highest BCUT2D eigenvalue weighted by molar-refractivity contribution is 7.92. The summed E-state index contributed by atoms with van der Waals surface area (Å²) in [6, 6.07) is 19.1. The van der Waals surface area contributed by atoms with Gasteiger partial charge < -0.3 is 5.32 Å². The second-order valence-electron chi connectivity index (χ2n) is 7.49. The van der Waals surface area contributed by atoms with Crippen molar-refractivity contribution in [2.75, 3.05) is 4.72 Å². The molecule has 1 amide bonds. The zero-order chi connectivity index (χ0) is 21.9. The van der Waals surface area contributed by atoms with Crippen LogP contribution in [-0.4, -0.2) is 14.3 Å². The molecule has 1 atom stereocenters. The van der Waals surface area contributed by atoms with E-state index < -0.39 is 10.0 Å². The van der Waals surface area contributed by atoms with Gasteiger partial charge in [0.25, 0.3) is 15.9 Å². The van der Waals surface area contributed by atoms with Crippen molar-refractivity contribution in [2.45, 2.75) is 38.6 Å². The summed E-state index contributed by atoms with van der Waals surface area (Å²) in [7, 11) is -3.68. The van der Waals surface area contributed by atoms with Crippen LogP contribution in [0.2, 0.25) is 0 Å². The van der Waals surface area contributed by atoms with E-state index in [1.807, 2.05) is 26.0 Å². The van der Waals surface area contributed by atoms with Gasteiger partial charge in [-0.25, -0.2) is 8.42 Å². The molecule has 0 spiro atoms. The van der Waals surface area contributed by atoms with E-state index in [-0.39, 0.29) is 16.8 Å². The lowest BCUT2D eigenvalue weighted by Gasteiger charge is -2.17. The Morgan fingerprint density at radius 3 is 2.17 bits per heavy atom. The molecule has 3 aromatic rings. The van der Waals surface area contributed by atoms with Crippen molar-refractivity contribution in [3.63, 3.8) is 0 Å². The molecule has 0 saturated heterocycles. The second kappa shape index (κ2) is 8.71. The van der Waals surface area contributed by atoms with Crippen LogP contribution in [0.25, 0.3) is 0 Å². The highest BCUT2D eigenvalue weighted by atomic mass is 32.2. The largest absolute Gasteiger partial charge is 0.346 e. The van der Waals surface area contributed by atoms with Crippen LogP contribution in [0.1, 0.15) is 45.6 Å². The molecule has 0 unspecified atom stereocenters. The van der Waals surface area contributed by atoms with Crippen LogP contribution in [0.15, 0.2) is 71.6 Å². The number of hydrogen-bond donors (Lipinski definition) is 2. The minimum atomic E-state index is -3.68. The van der Waals surface area contributed by atoms with Gasteiger partial charge in [0.2, 0.25) is 0 Å². The molecule has 30 heavy (non-hydrogen) atoms. The van der Waals surface area contributed by atoms with Gasteiger partial charge in [0.05, 0.1) is 16.6 Å². The maximum absolute atomic E-state index is 12.7. The van der Waals surface area contributed by atoms with Crippen LogP contribution < -0.4 is 10.0 Å². The van der Waals surface area contributed by atoms with Crippen molar-refractivity contribution in [1.29, 1.82) is 0 Å². The van der Waals surface area contributed by atoms with Gasteiger partial charge in [-0.3, -0.25) is 9.52 Å². The normalized spacial score (nSPS) is 12.3. The van der Waals surface area contributed by atoms with Crippen molar-refractivity contribution in [3.8, 4) is 0 Å². The summed E-state index contributed by atoms with van der Waals surface area (Å²) >= 11 is 0. The molecule has 2 N–H and O–H groups in total. The monoisotopic (exact) mass is 422 g/mol. The molecule has 0 aliphatic carbocycles. The number of nitrogens with one attached hydrogen (secondary N) is 2. The van der Waals surface area contributed by atoms with Crippen molar-refractivity contribution in [1.82, 2.24) is 5.32 Å². The first-order chi connectivity index (χ1) is 14.2. The van der Waals surface area contributed by atoms with Crippen LogP contribution in [0.4, 0.5) is 5.69 Å². The molecule has 0 fully saturated rings. The van der Waals surface area contributed by atoms with Gasteiger partial charge in [-0.1, -0.05) is 36.4 Å². The first kappa shape index (κ1) is 21.6. The first-order valence-corrected chi connectivity index (χ1v) is 11.2. The molecular weight excluding hydrogens is 396 g/mol. The van der Waals surface area contributed by atoms with Gasteiger partial charge in [-0.05, 0) is 80.3 Å². The van der Waals surface area contributed by atoms with E-state index in [2.05, 4.69) is 23.0 Å². The van der Waals surface area contributed by atoms with Crippen LogP contribution in [0.5, 0.6) is 0 Å². The fourth-order valence-corrected chi connectivity index (χ4v) is 4.27. The number of benzene rings is 3. The van der Waals surface area contributed by atoms with Gasteiger partial charge in [-0.2, -0.15) is 0 Å². The Morgan fingerprint density at radius 2 is 1.53 bits per heavy atom. The van der Waals surface area contributed by atoms with Crippen LogP contribution in [0.3, 0.4) is 0 Å². The van der Waals surface area contributed by atoms with E-state index in [4.69, 9.17) is 0 Å². The average molecular weight is 423 g/mol. The third-order valence-electron chi connectivity index (χ3n) is 5.16. The molecular formula is C24H26N2O3S. The van der Waals surface area contributed by atoms with Crippen molar-refractivity contribution < 1.29 is 13.2 Å². The Kier molecular flexibility index (Phi) is 6.27. The Balaban J connectivity index is 1.74. The molecule has 0 saturated carbocycles. The third-order valence-corrected chi connectivity index (χ3v) is 6.55. The maximum Gasteiger partial charge on any atom is 0.261 e. The molecule has 0 radical (unpaired) electrons. The van der Waals surface area contributed by atoms with Crippen LogP contribution in [0, 0.1) is 20.8 Å². The van der Waals surface area contributed by atoms with Crippen LogP contribution >= 0.6 is 0 Å². The van der Waals surface area contributed by atoms with Gasteiger partial charge in [0, 0.05) is 5.56 Å². The fourth-order valence-electron chi connectivity index (χ4n) is 3.12. The first-order valence-electron chi connectivity index (χ1n) is 9.74. The third kappa shape index (κ3) is 4.89. The van der Waals surface area contributed by atoms with Gasteiger partial charge in [0.15, 0.2) is 0 Å². The van der Waals surface area contributed by atoms with E-state index in [0.29, 0.717) is 16.8 Å². The SMILES string of the molecule is Cc1ccc([C@@H](C)NC(=O)c2ccc(NS(=O)(=O)c3ccccc3)c(C)c2)cc1C. The predicted octanol–water partition coefficient (Wildman–Crippen LogP) is 4.90. The van der Waals surface area contributed by atoms with E-state index in [9.17, 15) is 13.2 Å². The van der Waals surface area contributed by atoms with Crippen molar-refractivity contribution in [3.05, 3.63) is 94.5 Å². The molecule has 0 aliphatic rings. The van der Waals surface area contributed by atoms with E-state index in [1.54, 1.807) is 43.3 Å². The van der Waals surface area contributed by atoms with Gasteiger partial charge in [-0.15, -0.1) is 0 Å². The van der Waals surface area contributed by atoms with Crippen molar-refractivity contribution >= 4 is 21.6 Å². The predicted molar refractivity (Wildman–Crippen MR) is 120 cm³/mol. The number of amides is 1. The molecule has 3 rings (SSSR count). The lowest BCUT2D eigenvalue weighted by atomic mass is 10.0. The Hall–Kier alpha value is -3.12. The van der Waals surface area contributed by atoms with Gasteiger partial charge >= 0.3 is 0 Å². The molecule has 156 valence electrons. The van der Waals surface area contributed by atoms with E-state index in [1.165, 1.54) is 23.3 Å². The second-order valence-corrected chi connectivity index (χ2v) is 9.17. The topological polar surface area (TPSA) is 75.3 Å². The zero-order valence-electron chi connectivity index (χ0n) is 17.6. The maximum atomic E-state index is 12.7. The lowest BCUT2D eigenvalue weighted by molar-refractivity contribution is 0.0940. The number of aryl methyl sites for hydroxylation is 3. The lowest BCUT2D eigenvalue weighted by Crippen LogP contribution is -2.26. The summed E-state index contributed by atoms with van der Waals surface area (Å²) < 4.78 is 27.7. The molecule has 0 heterocycles. The fraction of sp³-hybridized carbons (Fsp3) is 0.208. The average Bonchev–Trinajstić information content (AvgIpc) is 2.72. The molecule has 3 aromatic carbocycles. The zero-order valence-corrected chi connectivity index (χ0v) is 18.4. The Labute approximate surface area is 178 Å². The Morgan fingerprint density at radius 1 is 0.833 bits per heavy atom. The number of rotatable bonds is 6. The summed E-state index contributed by atoms with van der Waals surface area (Å²) in [6.07, 6.45) is 0. The molecule has 0 aromatic heterocycles. The minimum Gasteiger partial charge on any atom is -0.346 e. The number of carbonyl (C=O) groups excluding carboxylic acids is 1. The number of carbonyl (C=O) groups is 1. The molecule has 5 nitrogen and oxygen atoms in total. The summed E-state index contributed by atoms with van der Waals surface area (Å²) in [5, 5.41) is 3.00.